The monoisotopic (exact) mass is 491 g/mol. The average molecular weight is 492 g/mol. The summed E-state index contributed by atoms with van der Waals surface area (Å²) < 4.78 is 11.7. The van der Waals surface area contributed by atoms with Crippen LogP contribution in [0.1, 0.15) is 28.4 Å². The largest absolute Gasteiger partial charge is 0.860 e. The van der Waals surface area contributed by atoms with E-state index in [9.17, 15) is 24.6 Å². The number of hydrogen-bond donors (Lipinski definition) is 2. The van der Waals surface area contributed by atoms with Crippen molar-refractivity contribution in [2.24, 2.45) is 14.1 Å². The second-order valence-corrected chi connectivity index (χ2v) is 8.27. The zero-order valence-electron chi connectivity index (χ0n) is 19.0. The molecule has 11 heteroatoms. The Morgan fingerprint density at radius 1 is 1.06 bits per heavy atom. The molecule has 4 rings (SSSR count). The van der Waals surface area contributed by atoms with E-state index in [1.54, 1.807) is 0 Å². The summed E-state index contributed by atoms with van der Waals surface area (Å²) in [5.41, 5.74) is -2.85. The highest BCUT2D eigenvalue weighted by Gasteiger charge is 2.29. The number of nitrogens with zero attached hydrogens (tertiary/aromatic N) is 2. The maximum Gasteiger partial charge on any atom is 0.343 e. The van der Waals surface area contributed by atoms with Crippen LogP contribution in [-0.4, -0.2) is 40.5 Å². The van der Waals surface area contributed by atoms with E-state index in [0.717, 1.165) is 35.4 Å². The van der Waals surface area contributed by atoms with Gasteiger partial charge in [-0.2, -0.15) is 0 Å². The smallest absolute Gasteiger partial charge is 0.343 e. The summed E-state index contributed by atoms with van der Waals surface area (Å²) in [4.78, 5) is 37.4. The predicted octanol–water partition coefficient (Wildman–Crippen LogP) is -0.462. The standard InChI is InChI=1S/C19H17ClN2O6.C4H9NO/c1-9-8-12(23)14(18(26)28-9)13(10-4-6-11(20)7-5-10)15-16(24)21(2)19(27)22(3)17(15)25;1-3-6-4-2-5-1/h4-8,13,23-24H,1-3H3;5H,1-4H2. The number of quaternary nitrogens is 1. The number of rotatable bonds is 3. The number of benzene rings is 1. The van der Waals surface area contributed by atoms with E-state index in [1.165, 1.54) is 51.4 Å². The summed E-state index contributed by atoms with van der Waals surface area (Å²) in [6, 6.07) is 7.31. The van der Waals surface area contributed by atoms with E-state index in [2.05, 4.69) is 5.32 Å². The molecule has 1 aliphatic heterocycles. The third kappa shape index (κ3) is 5.24. The molecule has 1 aliphatic rings. The lowest BCUT2D eigenvalue weighted by Crippen LogP contribution is -2.87. The number of nitrogens with two attached hydrogens (primary N) is 1. The fraction of sp³-hybridized carbons (Fsp3) is 0.348. The number of halogens is 1. The molecule has 1 fully saturated rings. The Morgan fingerprint density at radius 3 is 2.18 bits per heavy atom. The lowest BCUT2D eigenvalue weighted by molar-refractivity contribution is -0.670. The SMILES string of the molecule is C1COCC[NH2+]1.Cc1cc(O)c(C(c2ccc(Cl)cc2)c2c([O-])n(C)c(=O)n(C)c2=O)c(=O)o1. The molecule has 1 atom stereocenters. The van der Waals surface area contributed by atoms with Gasteiger partial charge in [0.2, 0.25) is 0 Å². The predicted molar refractivity (Wildman–Crippen MR) is 123 cm³/mol. The number of aromatic hydroxyl groups is 1. The first-order valence-corrected chi connectivity index (χ1v) is 11.0. The summed E-state index contributed by atoms with van der Waals surface area (Å²) >= 11 is 5.92. The van der Waals surface area contributed by atoms with Gasteiger partial charge in [0.05, 0.1) is 37.8 Å². The lowest BCUT2D eigenvalue weighted by atomic mass is 9.86. The number of morpholine rings is 1. The minimum Gasteiger partial charge on any atom is -0.860 e. The summed E-state index contributed by atoms with van der Waals surface area (Å²) in [6.45, 7) is 5.67. The van der Waals surface area contributed by atoms with Crippen LogP contribution < -0.4 is 27.3 Å². The molecular weight excluding hydrogens is 466 g/mol. The maximum atomic E-state index is 12.8. The first-order valence-electron chi connectivity index (χ1n) is 10.6. The number of aromatic nitrogens is 2. The second-order valence-electron chi connectivity index (χ2n) is 7.83. The Balaban J connectivity index is 0.000000469. The Hall–Kier alpha value is -3.34. The van der Waals surface area contributed by atoms with Gasteiger partial charge in [0.15, 0.2) is 0 Å². The minimum atomic E-state index is -1.26. The molecule has 3 N–H and O–H groups in total. The Kier molecular flexibility index (Phi) is 7.98. The van der Waals surface area contributed by atoms with Crippen molar-refractivity contribution in [3.63, 3.8) is 0 Å². The minimum absolute atomic E-state index is 0.164. The van der Waals surface area contributed by atoms with Gasteiger partial charge in [-0.05, 0) is 30.5 Å². The van der Waals surface area contributed by atoms with Gasteiger partial charge in [-0.1, -0.05) is 23.7 Å². The van der Waals surface area contributed by atoms with Crippen LogP contribution in [0.25, 0.3) is 0 Å². The van der Waals surface area contributed by atoms with Crippen LogP contribution in [0.2, 0.25) is 5.02 Å². The van der Waals surface area contributed by atoms with Gasteiger partial charge >= 0.3 is 11.3 Å². The van der Waals surface area contributed by atoms with E-state index in [-0.39, 0.29) is 16.9 Å². The van der Waals surface area contributed by atoms with Gasteiger partial charge in [-0.15, -0.1) is 0 Å². The van der Waals surface area contributed by atoms with Crippen LogP contribution in [0, 0.1) is 6.92 Å². The summed E-state index contributed by atoms with van der Waals surface area (Å²) in [5.74, 6) is -2.39. The molecule has 1 saturated heterocycles. The Labute approximate surface area is 199 Å². The molecule has 0 saturated carbocycles. The first-order chi connectivity index (χ1) is 16.1. The van der Waals surface area contributed by atoms with Gasteiger partial charge in [-0.25, -0.2) is 9.59 Å². The summed E-state index contributed by atoms with van der Waals surface area (Å²) in [6.07, 6.45) is 0. The Morgan fingerprint density at radius 2 is 1.68 bits per heavy atom. The molecule has 3 heterocycles. The van der Waals surface area contributed by atoms with Gasteiger partial charge in [0.25, 0.3) is 5.56 Å². The van der Waals surface area contributed by atoms with E-state index < -0.39 is 34.4 Å². The van der Waals surface area contributed by atoms with E-state index in [1.807, 2.05) is 0 Å². The van der Waals surface area contributed by atoms with Gasteiger partial charge in [-0.3, -0.25) is 9.36 Å². The Bertz CT molecular complexity index is 1330. The highest BCUT2D eigenvalue weighted by molar-refractivity contribution is 6.30. The van der Waals surface area contributed by atoms with Crippen molar-refractivity contribution >= 4 is 11.6 Å². The highest BCUT2D eigenvalue weighted by Crippen LogP contribution is 2.36. The van der Waals surface area contributed by atoms with Crippen molar-refractivity contribution in [3.8, 4) is 11.6 Å². The molecule has 0 bridgehead atoms. The fourth-order valence-corrected chi connectivity index (χ4v) is 3.81. The molecule has 0 radical (unpaired) electrons. The van der Waals surface area contributed by atoms with Crippen molar-refractivity contribution in [2.45, 2.75) is 12.8 Å². The number of hydrogen-bond acceptors (Lipinski definition) is 7. The molecule has 3 aromatic rings. The van der Waals surface area contributed by atoms with Crippen molar-refractivity contribution in [3.05, 3.63) is 89.1 Å². The molecule has 34 heavy (non-hydrogen) atoms. The van der Waals surface area contributed by atoms with Crippen LogP contribution in [0.3, 0.4) is 0 Å². The molecule has 1 aromatic carbocycles. The normalized spacial score (nSPS) is 14.2. The van der Waals surface area contributed by atoms with Gasteiger partial charge in [0, 0.05) is 30.7 Å². The zero-order valence-corrected chi connectivity index (χ0v) is 19.8. The molecule has 2 aromatic heterocycles. The van der Waals surface area contributed by atoms with Crippen LogP contribution in [0.5, 0.6) is 11.6 Å². The van der Waals surface area contributed by atoms with Crippen molar-refractivity contribution in [2.75, 3.05) is 26.3 Å². The lowest BCUT2D eigenvalue weighted by Gasteiger charge is -2.25. The van der Waals surface area contributed by atoms with Crippen molar-refractivity contribution in [1.29, 1.82) is 0 Å². The quantitative estimate of drug-likeness (QED) is 0.504. The third-order valence-corrected chi connectivity index (χ3v) is 5.70. The van der Waals surface area contributed by atoms with Crippen LogP contribution in [-0.2, 0) is 18.8 Å². The van der Waals surface area contributed by atoms with Crippen molar-refractivity contribution in [1.82, 2.24) is 9.13 Å². The van der Waals surface area contributed by atoms with Crippen LogP contribution in [0.4, 0.5) is 0 Å². The van der Waals surface area contributed by atoms with E-state index in [0.29, 0.717) is 10.6 Å². The third-order valence-electron chi connectivity index (χ3n) is 5.45. The molecule has 182 valence electrons. The second kappa shape index (κ2) is 10.7. The number of ether oxygens (including phenoxy) is 1. The average Bonchev–Trinajstić information content (AvgIpc) is 2.82. The van der Waals surface area contributed by atoms with Gasteiger partial charge in [0.1, 0.15) is 11.5 Å². The van der Waals surface area contributed by atoms with Crippen molar-refractivity contribution < 1.29 is 24.7 Å². The highest BCUT2D eigenvalue weighted by atomic mass is 35.5. The molecule has 1 unspecified atom stereocenters. The molecule has 10 nitrogen and oxygen atoms in total. The molecular formula is C23H26ClN3O7. The summed E-state index contributed by atoms with van der Waals surface area (Å²) in [7, 11) is 2.45. The first kappa shape index (κ1) is 25.3. The topological polar surface area (TPSA) is 143 Å². The van der Waals surface area contributed by atoms with Gasteiger partial charge < -0.3 is 29.3 Å². The summed E-state index contributed by atoms with van der Waals surface area (Å²) in [5, 5.41) is 25.9. The fourth-order valence-electron chi connectivity index (χ4n) is 3.68. The molecule has 0 aliphatic carbocycles. The van der Waals surface area contributed by atoms with Crippen LogP contribution in [0.15, 0.2) is 49.1 Å². The zero-order chi connectivity index (χ0) is 25.0. The van der Waals surface area contributed by atoms with E-state index in [4.69, 9.17) is 20.8 Å². The molecule has 0 amide bonds. The maximum absolute atomic E-state index is 12.8. The number of aryl methyl sites for hydroxylation is 1. The van der Waals surface area contributed by atoms with Crippen LogP contribution >= 0.6 is 11.6 Å². The molecule has 0 spiro atoms. The van der Waals surface area contributed by atoms with E-state index >= 15 is 0 Å².